The number of para-hydroxylation sites is 1. The molecule has 0 saturated carbocycles. The number of pyridine rings is 1. The van der Waals surface area contributed by atoms with Crippen LogP contribution in [0.2, 0.25) is 0 Å². The Bertz CT molecular complexity index is 788. The number of benzene rings is 1. The normalized spacial score (nSPS) is 10.3. The number of rotatable bonds is 2. The molecular weight excluding hydrogens is 266 g/mol. The third kappa shape index (κ3) is 2.94. The van der Waals surface area contributed by atoms with Crippen molar-refractivity contribution in [2.75, 3.05) is 10.6 Å². The van der Waals surface area contributed by atoms with Crippen molar-refractivity contribution in [3.8, 4) is 0 Å². The van der Waals surface area contributed by atoms with Crippen LogP contribution in [0.4, 0.5) is 16.2 Å². The van der Waals surface area contributed by atoms with Crippen LogP contribution in [0.25, 0.3) is 11.2 Å². The Hall–Kier alpha value is -3.02. The summed E-state index contributed by atoms with van der Waals surface area (Å²) < 4.78 is 0. The number of fused-ring (bicyclic) bond motifs is 1. The summed E-state index contributed by atoms with van der Waals surface area (Å²) in [5, 5.41) is 5.52. The van der Waals surface area contributed by atoms with Crippen LogP contribution in [0.5, 0.6) is 0 Å². The van der Waals surface area contributed by atoms with Gasteiger partial charge < -0.3 is 10.6 Å². The highest BCUT2D eigenvalue weighted by Gasteiger charge is 2.08. The maximum Gasteiger partial charge on any atom is 0.323 e. The first-order chi connectivity index (χ1) is 10.2. The van der Waals surface area contributed by atoms with Gasteiger partial charge in [0, 0.05) is 18.1 Å². The zero-order chi connectivity index (χ0) is 14.7. The second kappa shape index (κ2) is 5.54. The summed E-state index contributed by atoms with van der Waals surface area (Å²) in [7, 11) is 0. The standard InChI is InChI=1S/C15H13N5O/c1-10-12(9-13-14(18-10)17-8-7-16-13)20-15(21)19-11-5-3-2-4-6-11/h2-9H,1H3,(H2,19,20,21). The molecule has 6 nitrogen and oxygen atoms in total. The number of anilines is 2. The van der Waals surface area contributed by atoms with Crippen LogP contribution >= 0.6 is 0 Å². The fourth-order valence-corrected chi connectivity index (χ4v) is 1.92. The molecule has 0 atom stereocenters. The lowest BCUT2D eigenvalue weighted by Gasteiger charge is -2.10. The number of hydrogen-bond donors (Lipinski definition) is 2. The molecule has 0 saturated heterocycles. The summed E-state index contributed by atoms with van der Waals surface area (Å²) in [4.78, 5) is 24.6. The summed E-state index contributed by atoms with van der Waals surface area (Å²) >= 11 is 0. The van der Waals surface area contributed by atoms with E-state index in [4.69, 9.17) is 0 Å². The van der Waals surface area contributed by atoms with Gasteiger partial charge >= 0.3 is 6.03 Å². The molecule has 3 rings (SSSR count). The van der Waals surface area contributed by atoms with Crippen LogP contribution in [-0.4, -0.2) is 21.0 Å². The van der Waals surface area contributed by atoms with Gasteiger partial charge in [-0.2, -0.15) is 0 Å². The van der Waals surface area contributed by atoms with Crippen LogP contribution in [0.15, 0.2) is 48.8 Å². The van der Waals surface area contributed by atoms with E-state index in [1.54, 1.807) is 18.5 Å². The SMILES string of the molecule is Cc1nc2nccnc2cc1NC(=O)Nc1ccccc1. The molecule has 104 valence electrons. The van der Waals surface area contributed by atoms with Gasteiger partial charge in [-0.3, -0.25) is 4.98 Å². The van der Waals surface area contributed by atoms with Crippen molar-refractivity contribution >= 4 is 28.6 Å². The van der Waals surface area contributed by atoms with Crippen molar-refractivity contribution in [2.45, 2.75) is 6.92 Å². The minimum absolute atomic E-state index is 0.325. The van der Waals surface area contributed by atoms with E-state index in [2.05, 4.69) is 25.6 Å². The van der Waals surface area contributed by atoms with Crippen LogP contribution in [-0.2, 0) is 0 Å². The summed E-state index contributed by atoms with van der Waals surface area (Å²) in [6, 6.07) is 10.7. The molecule has 0 unspecified atom stereocenters. The van der Waals surface area contributed by atoms with Gasteiger partial charge in [0.25, 0.3) is 0 Å². The second-order valence-corrected chi connectivity index (χ2v) is 4.47. The number of aromatic nitrogens is 3. The molecule has 1 aromatic carbocycles. The molecule has 0 spiro atoms. The molecule has 0 radical (unpaired) electrons. The molecule has 21 heavy (non-hydrogen) atoms. The van der Waals surface area contributed by atoms with Crippen molar-refractivity contribution in [2.24, 2.45) is 0 Å². The Morgan fingerprint density at radius 1 is 1.05 bits per heavy atom. The van der Waals surface area contributed by atoms with E-state index in [0.717, 1.165) is 5.69 Å². The zero-order valence-electron chi connectivity index (χ0n) is 11.4. The maximum absolute atomic E-state index is 12.0. The molecule has 0 aliphatic rings. The molecule has 2 N–H and O–H groups in total. The van der Waals surface area contributed by atoms with E-state index in [9.17, 15) is 4.79 Å². The monoisotopic (exact) mass is 279 g/mol. The van der Waals surface area contributed by atoms with Crippen molar-refractivity contribution < 1.29 is 4.79 Å². The predicted octanol–water partition coefficient (Wildman–Crippen LogP) is 2.98. The lowest BCUT2D eigenvalue weighted by atomic mass is 10.3. The molecular formula is C15H13N5O. The Kier molecular flexibility index (Phi) is 3.42. The molecule has 0 aliphatic heterocycles. The van der Waals surface area contributed by atoms with Crippen molar-refractivity contribution in [3.05, 3.63) is 54.5 Å². The largest absolute Gasteiger partial charge is 0.323 e. The highest BCUT2D eigenvalue weighted by Crippen LogP contribution is 2.17. The van der Waals surface area contributed by atoms with E-state index in [1.807, 2.05) is 37.3 Å². The fraction of sp³-hybridized carbons (Fsp3) is 0.0667. The summed E-state index contributed by atoms with van der Waals surface area (Å²) in [5.41, 5.74) is 3.21. The highest BCUT2D eigenvalue weighted by atomic mass is 16.2. The third-order valence-corrected chi connectivity index (χ3v) is 2.93. The van der Waals surface area contributed by atoms with Gasteiger partial charge in [-0.05, 0) is 25.1 Å². The first-order valence-corrected chi connectivity index (χ1v) is 6.44. The van der Waals surface area contributed by atoms with Gasteiger partial charge in [0.05, 0.1) is 11.4 Å². The first kappa shape index (κ1) is 13.0. The van der Waals surface area contributed by atoms with Crippen molar-refractivity contribution in [1.82, 2.24) is 15.0 Å². The van der Waals surface area contributed by atoms with Crippen LogP contribution in [0.3, 0.4) is 0 Å². The quantitative estimate of drug-likeness (QED) is 0.755. The van der Waals surface area contributed by atoms with Crippen molar-refractivity contribution in [1.29, 1.82) is 0 Å². The van der Waals surface area contributed by atoms with Gasteiger partial charge in [-0.25, -0.2) is 14.8 Å². The fourth-order valence-electron chi connectivity index (χ4n) is 1.92. The number of urea groups is 1. The van der Waals surface area contributed by atoms with Crippen LogP contribution < -0.4 is 10.6 Å². The molecule has 2 heterocycles. The first-order valence-electron chi connectivity index (χ1n) is 6.44. The number of hydrogen-bond acceptors (Lipinski definition) is 4. The second-order valence-electron chi connectivity index (χ2n) is 4.47. The van der Waals surface area contributed by atoms with E-state index in [-0.39, 0.29) is 6.03 Å². The van der Waals surface area contributed by atoms with Crippen LogP contribution in [0, 0.1) is 6.92 Å². The lowest BCUT2D eigenvalue weighted by molar-refractivity contribution is 0.262. The minimum atomic E-state index is -0.325. The summed E-state index contributed by atoms with van der Waals surface area (Å²) in [6.07, 6.45) is 3.18. The lowest BCUT2D eigenvalue weighted by Crippen LogP contribution is -2.20. The van der Waals surface area contributed by atoms with Gasteiger partial charge in [-0.1, -0.05) is 18.2 Å². The Morgan fingerprint density at radius 2 is 1.81 bits per heavy atom. The molecule has 0 fully saturated rings. The number of amides is 2. The minimum Gasteiger partial charge on any atom is -0.308 e. The smallest absolute Gasteiger partial charge is 0.308 e. The molecule has 6 heteroatoms. The molecule has 0 bridgehead atoms. The average molecular weight is 279 g/mol. The highest BCUT2D eigenvalue weighted by molar-refractivity contribution is 6.00. The van der Waals surface area contributed by atoms with E-state index >= 15 is 0 Å². The number of carbonyl (C=O) groups excluding carboxylic acids is 1. The number of nitrogens with zero attached hydrogens (tertiary/aromatic N) is 3. The summed E-state index contributed by atoms with van der Waals surface area (Å²) in [5.74, 6) is 0. The van der Waals surface area contributed by atoms with Gasteiger partial charge in [0.1, 0.15) is 5.52 Å². The van der Waals surface area contributed by atoms with Gasteiger partial charge in [0.2, 0.25) is 0 Å². The molecule has 2 aromatic heterocycles. The van der Waals surface area contributed by atoms with Gasteiger partial charge in [-0.15, -0.1) is 0 Å². The number of nitrogens with one attached hydrogen (secondary N) is 2. The molecule has 3 aromatic rings. The predicted molar refractivity (Wildman–Crippen MR) is 81.2 cm³/mol. The van der Waals surface area contributed by atoms with E-state index in [1.165, 1.54) is 0 Å². The maximum atomic E-state index is 12.0. The third-order valence-electron chi connectivity index (χ3n) is 2.93. The zero-order valence-corrected chi connectivity index (χ0v) is 11.4. The van der Waals surface area contributed by atoms with Crippen molar-refractivity contribution in [3.63, 3.8) is 0 Å². The molecule has 0 aliphatic carbocycles. The van der Waals surface area contributed by atoms with E-state index < -0.39 is 0 Å². The Labute approximate surface area is 121 Å². The Morgan fingerprint density at radius 3 is 2.62 bits per heavy atom. The average Bonchev–Trinajstić information content (AvgIpc) is 2.49. The summed E-state index contributed by atoms with van der Waals surface area (Å²) in [6.45, 7) is 1.81. The molecule has 2 amide bonds. The Balaban J connectivity index is 1.81. The van der Waals surface area contributed by atoms with Gasteiger partial charge in [0.15, 0.2) is 5.65 Å². The topological polar surface area (TPSA) is 79.8 Å². The number of aryl methyl sites for hydroxylation is 1. The van der Waals surface area contributed by atoms with E-state index in [0.29, 0.717) is 22.5 Å². The van der Waals surface area contributed by atoms with Crippen LogP contribution in [0.1, 0.15) is 5.69 Å². The number of carbonyl (C=O) groups is 1.